The molecule has 0 saturated carbocycles. The molecule has 0 atom stereocenters. The van der Waals surface area contributed by atoms with Crippen molar-refractivity contribution in [3.8, 4) is 0 Å². The van der Waals surface area contributed by atoms with Crippen LogP contribution in [0.1, 0.15) is 5.69 Å². The van der Waals surface area contributed by atoms with Gasteiger partial charge in [0.1, 0.15) is 5.69 Å². The summed E-state index contributed by atoms with van der Waals surface area (Å²) in [4.78, 5) is 35.0. The Balaban J connectivity index is 1.81. The Labute approximate surface area is 149 Å². The summed E-state index contributed by atoms with van der Waals surface area (Å²) in [6.07, 6.45) is 0. The van der Waals surface area contributed by atoms with Gasteiger partial charge in [0.15, 0.2) is 11.6 Å². The molecule has 1 aromatic heterocycles. The van der Waals surface area contributed by atoms with Crippen LogP contribution in [-0.4, -0.2) is 39.0 Å². The van der Waals surface area contributed by atoms with E-state index in [1.165, 1.54) is 13.0 Å². The molecule has 9 nitrogen and oxygen atoms in total. The molecule has 26 heavy (non-hydrogen) atoms. The highest BCUT2D eigenvalue weighted by molar-refractivity contribution is 7.99. The highest BCUT2D eigenvalue weighted by atomic mass is 32.2. The van der Waals surface area contributed by atoms with Crippen LogP contribution in [-0.2, 0) is 9.59 Å². The zero-order valence-electron chi connectivity index (χ0n) is 13.5. The monoisotopic (exact) mass is 384 g/mol. The number of halogens is 2. The van der Waals surface area contributed by atoms with Crippen molar-refractivity contribution in [3.05, 3.63) is 45.9 Å². The van der Waals surface area contributed by atoms with E-state index in [4.69, 9.17) is 5.84 Å². The summed E-state index contributed by atoms with van der Waals surface area (Å²) in [5, 5.41) is 12.0. The number of nitrogens with one attached hydrogen (secondary N) is 2. The number of thioether (sulfide) groups is 1. The third kappa shape index (κ3) is 4.99. The molecule has 0 aliphatic carbocycles. The SMILES string of the molecule is Cc1nnc(SCC(=O)NCC(=O)Nc2ccc(F)c(F)c2)n(N)c1=O. The molecule has 4 N–H and O–H groups in total. The van der Waals surface area contributed by atoms with Crippen molar-refractivity contribution in [1.82, 2.24) is 20.2 Å². The second-order valence-corrected chi connectivity index (χ2v) is 5.93. The van der Waals surface area contributed by atoms with Crippen LogP contribution in [0.3, 0.4) is 0 Å². The summed E-state index contributed by atoms with van der Waals surface area (Å²) < 4.78 is 26.6. The first-order chi connectivity index (χ1) is 12.3. The second kappa shape index (κ2) is 8.38. The summed E-state index contributed by atoms with van der Waals surface area (Å²) in [7, 11) is 0. The molecule has 1 heterocycles. The maximum absolute atomic E-state index is 13.0. The first-order valence-corrected chi connectivity index (χ1v) is 8.12. The average molecular weight is 384 g/mol. The molecular weight excluding hydrogens is 370 g/mol. The van der Waals surface area contributed by atoms with Crippen molar-refractivity contribution in [3.63, 3.8) is 0 Å². The largest absolute Gasteiger partial charge is 0.346 e. The van der Waals surface area contributed by atoms with Gasteiger partial charge in [0.25, 0.3) is 5.56 Å². The standard InChI is InChI=1S/C14H14F2N6O3S/c1-7-13(25)22(17)14(21-20-7)26-6-12(24)18-5-11(23)19-8-2-3-9(15)10(16)4-8/h2-4H,5-6,17H2,1H3,(H,18,24)(H,19,23). The molecule has 0 saturated heterocycles. The van der Waals surface area contributed by atoms with Crippen LogP contribution in [0, 0.1) is 18.6 Å². The fourth-order valence-corrected chi connectivity index (χ4v) is 2.39. The van der Waals surface area contributed by atoms with Crippen LogP contribution in [0.5, 0.6) is 0 Å². The number of nitrogens with zero attached hydrogens (tertiary/aromatic N) is 3. The molecule has 138 valence electrons. The van der Waals surface area contributed by atoms with Crippen LogP contribution < -0.4 is 22.0 Å². The van der Waals surface area contributed by atoms with E-state index in [0.717, 1.165) is 28.6 Å². The number of hydrogen-bond acceptors (Lipinski definition) is 7. The van der Waals surface area contributed by atoms with Gasteiger partial charge in [-0.25, -0.2) is 8.78 Å². The van der Waals surface area contributed by atoms with Gasteiger partial charge < -0.3 is 16.5 Å². The van der Waals surface area contributed by atoms with Gasteiger partial charge in [-0.1, -0.05) is 11.8 Å². The smallest absolute Gasteiger partial charge is 0.294 e. The van der Waals surface area contributed by atoms with Crippen LogP contribution >= 0.6 is 11.8 Å². The predicted octanol–water partition coefficient (Wildman–Crippen LogP) is -0.214. The van der Waals surface area contributed by atoms with Crippen molar-refractivity contribution in [2.45, 2.75) is 12.1 Å². The number of rotatable bonds is 6. The summed E-state index contributed by atoms with van der Waals surface area (Å²) in [5.41, 5.74) is -0.358. The van der Waals surface area contributed by atoms with E-state index in [1.54, 1.807) is 0 Å². The van der Waals surface area contributed by atoms with Gasteiger partial charge in [0.05, 0.1) is 12.3 Å². The second-order valence-electron chi connectivity index (χ2n) is 4.99. The molecule has 0 aliphatic heterocycles. The lowest BCUT2D eigenvalue weighted by atomic mass is 10.3. The number of hydrogen-bond donors (Lipinski definition) is 3. The fourth-order valence-electron chi connectivity index (χ4n) is 1.71. The van der Waals surface area contributed by atoms with Crippen LogP contribution in [0.4, 0.5) is 14.5 Å². The number of carbonyl (C=O) groups excluding carboxylic acids is 2. The molecule has 0 bridgehead atoms. The first-order valence-electron chi connectivity index (χ1n) is 7.13. The third-order valence-electron chi connectivity index (χ3n) is 3.00. The minimum atomic E-state index is -1.10. The summed E-state index contributed by atoms with van der Waals surface area (Å²) in [6.45, 7) is 1.07. The normalized spacial score (nSPS) is 10.4. The quantitative estimate of drug-likeness (QED) is 0.464. The Bertz CT molecular complexity index is 905. The Kier molecular flexibility index (Phi) is 6.22. The molecule has 0 fully saturated rings. The molecule has 0 aliphatic rings. The molecule has 0 radical (unpaired) electrons. The molecule has 1 aromatic carbocycles. The van der Waals surface area contributed by atoms with Gasteiger partial charge in [-0.2, -0.15) is 4.68 Å². The molecule has 0 spiro atoms. The maximum atomic E-state index is 13.0. The molecular formula is C14H14F2N6O3S. The number of nitrogens with two attached hydrogens (primary N) is 1. The molecule has 2 rings (SSSR count). The Hall–Kier alpha value is -3.02. The number of benzene rings is 1. The van der Waals surface area contributed by atoms with E-state index in [0.29, 0.717) is 0 Å². The van der Waals surface area contributed by atoms with Crippen LogP contribution in [0.25, 0.3) is 0 Å². The highest BCUT2D eigenvalue weighted by Crippen LogP contribution is 2.13. The zero-order chi connectivity index (χ0) is 19.3. The number of nitrogen functional groups attached to an aromatic ring is 1. The molecule has 2 amide bonds. The van der Waals surface area contributed by atoms with E-state index in [2.05, 4.69) is 20.8 Å². The van der Waals surface area contributed by atoms with Gasteiger partial charge in [-0.15, -0.1) is 10.2 Å². The first kappa shape index (κ1) is 19.3. The molecule has 12 heteroatoms. The van der Waals surface area contributed by atoms with Crippen LogP contribution in [0.15, 0.2) is 28.2 Å². The Morgan fingerprint density at radius 2 is 1.96 bits per heavy atom. The maximum Gasteiger partial charge on any atom is 0.294 e. The predicted molar refractivity (Wildman–Crippen MR) is 89.9 cm³/mol. The van der Waals surface area contributed by atoms with E-state index >= 15 is 0 Å². The Morgan fingerprint density at radius 1 is 1.23 bits per heavy atom. The van der Waals surface area contributed by atoms with Crippen LogP contribution in [0.2, 0.25) is 0 Å². The molecule has 0 unspecified atom stereocenters. The number of anilines is 1. The minimum Gasteiger partial charge on any atom is -0.346 e. The van der Waals surface area contributed by atoms with Crippen molar-refractivity contribution < 1.29 is 18.4 Å². The molecule has 2 aromatic rings. The van der Waals surface area contributed by atoms with E-state index in [9.17, 15) is 23.2 Å². The number of aromatic nitrogens is 3. The van der Waals surface area contributed by atoms with Gasteiger partial charge in [-0.05, 0) is 19.1 Å². The average Bonchev–Trinajstić information content (AvgIpc) is 2.60. The minimum absolute atomic E-state index is 0.0435. The number of carbonyl (C=O) groups is 2. The van der Waals surface area contributed by atoms with Gasteiger partial charge >= 0.3 is 0 Å². The van der Waals surface area contributed by atoms with E-state index in [-0.39, 0.29) is 28.8 Å². The number of amides is 2. The lowest BCUT2D eigenvalue weighted by Gasteiger charge is -2.08. The lowest BCUT2D eigenvalue weighted by molar-refractivity contribution is -0.122. The van der Waals surface area contributed by atoms with E-state index < -0.39 is 29.0 Å². The van der Waals surface area contributed by atoms with Gasteiger partial charge in [0.2, 0.25) is 17.0 Å². The van der Waals surface area contributed by atoms with Crippen molar-refractivity contribution in [2.75, 3.05) is 23.5 Å². The fraction of sp³-hybridized carbons (Fsp3) is 0.214. The van der Waals surface area contributed by atoms with Crippen molar-refractivity contribution in [1.29, 1.82) is 0 Å². The summed E-state index contributed by atoms with van der Waals surface area (Å²) >= 11 is 0.867. The van der Waals surface area contributed by atoms with Gasteiger partial charge in [0, 0.05) is 11.8 Å². The van der Waals surface area contributed by atoms with E-state index in [1.807, 2.05) is 0 Å². The summed E-state index contributed by atoms with van der Waals surface area (Å²) in [5.74, 6) is 2.08. The topological polar surface area (TPSA) is 132 Å². The summed E-state index contributed by atoms with van der Waals surface area (Å²) in [6, 6.07) is 2.88. The third-order valence-corrected chi connectivity index (χ3v) is 3.94. The van der Waals surface area contributed by atoms with Crippen molar-refractivity contribution in [2.24, 2.45) is 0 Å². The van der Waals surface area contributed by atoms with Crippen molar-refractivity contribution >= 4 is 29.3 Å². The number of aryl methyl sites for hydroxylation is 1. The Morgan fingerprint density at radius 3 is 2.65 bits per heavy atom. The highest BCUT2D eigenvalue weighted by Gasteiger charge is 2.12. The van der Waals surface area contributed by atoms with Gasteiger partial charge in [-0.3, -0.25) is 14.4 Å². The zero-order valence-corrected chi connectivity index (χ0v) is 14.3. The lowest BCUT2D eigenvalue weighted by Crippen LogP contribution is -2.35.